The summed E-state index contributed by atoms with van der Waals surface area (Å²) in [5.74, 6) is 1.56. The van der Waals surface area contributed by atoms with Gasteiger partial charge in [-0.3, -0.25) is 0 Å². The summed E-state index contributed by atoms with van der Waals surface area (Å²) in [6, 6.07) is 0. The van der Waals surface area contributed by atoms with Gasteiger partial charge >= 0.3 is 0 Å². The highest BCUT2D eigenvalue weighted by Crippen LogP contribution is 2.60. The molecule has 0 aromatic carbocycles. The quantitative estimate of drug-likeness (QED) is 0.593. The lowest BCUT2D eigenvalue weighted by atomic mass is 9.65. The third-order valence-corrected chi connectivity index (χ3v) is 4.62. The zero-order chi connectivity index (χ0) is 9.27. The topological polar surface area (TPSA) is 40.5 Å². The molecule has 0 heterocycles. The van der Waals surface area contributed by atoms with Crippen LogP contribution in [0.5, 0.6) is 0 Å². The molecule has 0 amide bonds. The first-order valence-electron chi connectivity index (χ1n) is 5.43. The average molecular weight is 182 g/mol. The highest BCUT2D eigenvalue weighted by molar-refractivity contribution is 5.10. The normalized spacial score (nSPS) is 64.4. The van der Waals surface area contributed by atoms with Gasteiger partial charge in [0, 0.05) is 0 Å². The fraction of sp³-hybridized carbons (Fsp3) is 1.00. The van der Waals surface area contributed by atoms with E-state index in [4.69, 9.17) is 0 Å². The number of rotatable bonds is 0. The number of hydrogen-bond donors (Lipinski definition) is 2. The minimum absolute atomic E-state index is 0.372. The van der Waals surface area contributed by atoms with Gasteiger partial charge in [-0.1, -0.05) is 0 Å². The monoisotopic (exact) mass is 182 g/mol. The SMILES string of the molecule is C[C@@]1(O)CC2CC3CC(O)(C2)CC31. The first-order chi connectivity index (χ1) is 5.99. The molecule has 0 aliphatic heterocycles. The third-order valence-electron chi connectivity index (χ3n) is 4.62. The van der Waals surface area contributed by atoms with Crippen LogP contribution < -0.4 is 0 Å². The van der Waals surface area contributed by atoms with E-state index >= 15 is 0 Å². The van der Waals surface area contributed by atoms with Crippen LogP contribution in [0.3, 0.4) is 0 Å². The zero-order valence-electron chi connectivity index (χ0n) is 8.16. The van der Waals surface area contributed by atoms with Crippen LogP contribution in [0.4, 0.5) is 0 Å². The molecule has 3 aliphatic carbocycles. The maximum absolute atomic E-state index is 10.2. The van der Waals surface area contributed by atoms with E-state index in [1.807, 2.05) is 6.92 Å². The summed E-state index contributed by atoms with van der Waals surface area (Å²) < 4.78 is 0. The second-order valence-corrected chi connectivity index (χ2v) is 5.87. The molecule has 2 heteroatoms. The van der Waals surface area contributed by atoms with Crippen LogP contribution in [0.1, 0.15) is 39.0 Å². The molecule has 0 saturated heterocycles. The van der Waals surface area contributed by atoms with Crippen molar-refractivity contribution in [1.82, 2.24) is 0 Å². The maximum Gasteiger partial charge on any atom is 0.0657 e. The van der Waals surface area contributed by atoms with E-state index < -0.39 is 11.2 Å². The Labute approximate surface area is 79.0 Å². The summed E-state index contributed by atoms with van der Waals surface area (Å²) in [5.41, 5.74) is -0.896. The fourth-order valence-corrected chi connectivity index (χ4v) is 4.37. The lowest BCUT2D eigenvalue weighted by Gasteiger charge is -2.44. The molecule has 0 aromatic rings. The second kappa shape index (κ2) is 2.12. The van der Waals surface area contributed by atoms with Gasteiger partial charge in [0.05, 0.1) is 11.2 Å². The van der Waals surface area contributed by atoms with Gasteiger partial charge in [0.1, 0.15) is 0 Å². The molecule has 3 fully saturated rings. The van der Waals surface area contributed by atoms with Gasteiger partial charge in [-0.25, -0.2) is 0 Å². The molecular formula is C11H18O2. The highest BCUT2D eigenvalue weighted by atomic mass is 16.3. The van der Waals surface area contributed by atoms with E-state index in [-0.39, 0.29) is 0 Å². The fourth-order valence-electron chi connectivity index (χ4n) is 4.37. The molecular weight excluding hydrogens is 164 g/mol. The van der Waals surface area contributed by atoms with Crippen molar-refractivity contribution in [2.24, 2.45) is 17.8 Å². The average Bonchev–Trinajstić information content (AvgIpc) is 2.15. The van der Waals surface area contributed by atoms with Crippen molar-refractivity contribution in [3.8, 4) is 0 Å². The van der Waals surface area contributed by atoms with E-state index in [1.54, 1.807) is 0 Å². The lowest BCUT2D eigenvalue weighted by Crippen LogP contribution is -2.44. The molecule has 0 radical (unpaired) electrons. The number of fused-ring (bicyclic) bond motifs is 2. The van der Waals surface area contributed by atoms with Crippen molar-refractivity contribution in [2.75, 3.05) is 0 Å². The molecule has 4 unspecified atom stereocenters. The molecule has 3 bridgehead atoms. The molecule has 3 rings (SSSR count). The summed E-state index contributed by atoms with van der Waals surface area (Å²) in [5, 5.41) is 20.5. The second-order valence-electron chi connectivity index (χ2n) is 5.87. The van der Waals surface area contributed by atoms with E-state index in [9.17, 15) is 10.2 Å². The molecule has 3 aliphatic rings. The first-order valence-corrected chi connectivity index (χ1v) is 5.43. The van der Waals surface area contributed by atoms with Gasteiger partial charge in [0.15, 0.2) is 0 Å². The molecule has 2 N–H and O–H groups in total. The minimum atomic E-state index is -0.492. The van der Waals surface area contributed by atoms with Crippen LogP contribution in [0.25, 0.3) is 0 Å². The van der Waals surface area contributed by atoms with Crippen molar-refractivity contribution < 1.29 is 10.2 Å². The summed E-state index contributed by atoms with van der Waals surface area (Å²) in [6.07, 6.45) is 4.90. The largest absolute Gasteiger partial charge is 0.390 e. The van der Waals surface area contributed by atoms with Gasteiger partial charge in [-0.2, -0.15) is 0 Å². The van der Waals surface area contributed by atoms with Crippen LogP contribution in [0.2, 0.25) is 0 Å². The summed E-state index contributed by atoms with van der Waals surface area (Å²) >= 11 is 0. The van der Waals surface area contributed by atoms with Crippen LogP contribution >= 0.6 is 0 Å². The van der Waals surface area contributed by atoms with Crippen LogP contribution in [0, 0.1) is 17.8 Å². The Kier molecular flexibility index (Phi) is 1.34. The smallest absolute Gasteiger partial charge is 0.0657 e. The van der Waals surface area contributed by atoms with Crippen molar-refractivity contribution >= 4 is 0 Å². The first kappa shape index (κ1) is 8.25. The minimum Gasteiger partial charge on any atom is -0.390 e. The summed E-state index contributed by atoms with van der Waals surface area (Å²) in [4.78, 5) is 0. The Bertz CT molecular complexity index is 246. The van der Waals surface area contributed by atoms with Gasteiger partial charge < -0.3 is 10.2 Å². The van der Waals surface area contributed by atoms with Crippen LogP contribution in [-0.2, 0) is 0 Å². The Hall–Kier alpha value is -0.0800. The van der Waals surface area contributed by atoms with Crippen molar-refractivity contribution in [3.05, 3.63) is 0 Å². The summed E-state index contributed by atoms with van der Waals surface area (Å²) in [6.45, 7) is 1.97. The molecule has 0 spiro atoms. The Morgan fingerprint density at radius 1 is 1.08 bits per heavy atom. The number of aliphatic hydroxyl groups is 2. The third kappa shape index (κ3) is 1.02. The van der Waals surface area contributed by atoms with E-state index in [0.717, 1.165) is 25.7 Å². The standard InChI is InChI=1S/C11H18O2/c1-10(12)3-7-2-8-5-11(13,4-7)6-9(8)10/h7-9,12-13H,2-6H2,1H3/t7?,8?,9?,10-,11?/m1/s1. The Morgan fingerprint density at radius 2 is 1.85 bits per heavy atom. The van der Waals surface area contributed by atoms with Crippen LogP contribution in [0.15, 0.2) is 0 Å². The summed E-state index contributed by atoms with van der Waals surface area (Å²) in [7, 11) is 0. The van der Waals surface area contributed by atoms with E-state index in [1.165, 1.54) is 6.42 Å². The van der Waals surface area contributed by atoms with Crippen molar-refractivity contribution in [2.45, 2.75) is 50.2 Å². The highest BCUT2D eigenvalue weighted by Gasteiger charge is 2.59. The molecule has 74 valence electrons. The van der Waals surface area contributed by atoms with Gasteiger partial charge in [0.2, 0.25) is 0 Å². The molecule has 0 aromatic heterocycles. The maximum atomic E-state index is 10.2. The predicted molar refractivity (Wildman–Crippen MR) is 49.1 cm³/mol. The Balaban J connectivity index is 2.01. The van der Waals surface area contributed by atoms with E-state index in [0.29, 0.717) is 17.8 Å². The Morgan fingerprint density at radius 3 is 2.62 bits per heavy atom. The molecule has 3 saturated carbocycles. The van der Waals surface area contributed by atoms with Gasteiger partial charge in [-0.15, -0.1) is 0 Å². The lowest BCUT2D eigenvalue weighted by molar-refractivity contribution is -0.0719. The zero-order valence-corrected chi connectivity index (χ0v) is 8.16. The van der Waals surface area contributed by atoms with Crippen LogP contribution in [-0.4, -0.2) is 21.4 Å². The van der Waals surface area contributed by atoms with E-state index in [2.05, 4.69) is 0 Å². The number of hydrogen-bond acceptors (Lipinski definition) is 2. The van der Waals surface area contributed by atoms with Gasteiger partial charge in [0.25, 0.3) is 0 Å². The van der Waals surface area contributed by atoms with Gasteiger partial charge in [-0.05, 0) is 56.8 Å². The molecule has 5 atom stereocenters. The van der Waals surface area contributed by atoms with Crippen molar-refractivity contribution in [1.29, 1.82) is 0 Å². The molecule has 13 heavy (non-hydrogen) atoms. The molecule has 2 nitrogen and oxygen atoms in total. The predicted octanol–water partition coefficient (Wildman–Crippen LogP) is 1.31. The van der Waals surface area contributed by atoms with Crippen molar-refractivity contribution in [3.63, 3.8) is 0 Å².